The maximum Gasteiger partial charge on any atom is 0.264 e. The summed E-state index contributed by atoms with van der Waals surface area (Å²) in [6.45, 7) is 23.8. The van der Waals surface area contributed by atoms with Crippen LogP contribution in [0.1, 0.15) is 104 Å². The van der Waals surface area contributed by atoms with Gasteiger partial charge in [-0.1, -0.05) is 154 Å². The van der Waals surface area contributed by atoms with Crippen molar-refractivity contribution in [1.29, 1.82) is 0 Å². The molecule has 3 aliphatic rings. The van der Waals surface area contributed by atoms with Crippen LogP contribution in [0.5, 0.6) is 0 Å². The molecule has 11 rings (SSSR count). The molecule has 8 aromatic rings. The van der Waals surface area contributed by atoms with Gasteiger partial charge in [0.15, 0.2) is 0 Å². The molecular weight excluding hydrogens is 806 g/mol. The van der Waals surface area contributed by atoms with Gasteiger partial charge in [0.1, 0.15) is 0 Å². The van der Waals surface area contributed by atoms with Crippen molar-refractivity contribution in [2.75, 3.05) is 14.7 Å². The van der Waals surface area contributed by atoms with Gasteiger partial charge in [0, 0.05) is 54.7 Å². The topological polar surface area (TPSA) is 9.72 Å². The first-order chi connectivity index (χ1) is 31.0. The van der Waals surface area contributed by atoms with Crippen LogP contribution in [0.2, 0.25) is 0 Å². The SMILES string of the molecule is CC(C)(C)c1ccc(N2c3cc4c(cc3B3c5sc6ccccc6c5N(c5ccc(C(C)(C)C)cc5)c5cc(N(c6ccccc6)c6ccccc6)cc2c53)C(C)(C)CCC4(C)C)cc1. The van der Waals surface area contributed by atoms with Crippen molar-refractivity contribution in [2.24, 2.45) is 0 Å². The predicted octanol–water partition coefficient (Wildman–Crippen LogP) is 15.4. The number of benzene rings is 7. The molecule has 5 heteroatoms. The van der Waals surface area contributed by atoms with E-state index < -0.39 is 0 Å². The number of hydrogen-bond acceptors (Lipinski definition) is 4. The molecule has 0 N–H and O–H groups in total. The summed E-state index contributed by atoms with van der Waals surface area (Å²) in [7, 11) is 0. The molecule has 2 aliphatic heterocycles. The van der Waals surface area contributed by atoms with Crippen molar-refractivity contribution in [3.63, 3.8) is 0 Å². The zero-order valence-corrected chi connectivity index (χ0v) is 40.6. The molecular formula is C60H60BN3S. The average Bonchev–Trinajstić information content (AvgIpc) is 3.67. The summed E-state index contributed by atoms with van der Waals surface area (Å²) in [5.74, 6) is 0. The van der Waals surface area contributed by atoms with Crippen LogP contribution in [0.15, 0.2) is 158 Å². The van der Waals surface area contributed by atoms with E-state index in [-0.39, 0.29) is 28.4 Å². The second kappa shape index (κ2) is 14.7. The fourth-order valence-electron chi connectivity index (χ4n) is 11.0. The minimum absolute atomic E-state index is 0.0275. The Morgan fingerprint density at radius 3 is 1.52 bits per heavy atom. The van der Waals surface area contributed by atoms with E-state index in [1.54, 1.807) is 0 Å². The first kappa shape index (κ1) is 41.7. The summed E-state index contributed by atoms with van der Waals surface area (Å²) >= 11 is 1.98. The highest BCUT2D eigenvalue weighted by atomic mass is 32.1. The van der Waals surface area contributed by atoms with Crippen LogP contribution >= 0.6 is 11.3 Å². The highest BCUT2D eigenvalue weighted by molar-refractivity contribution is 7.33. The Morgan fingerprint density at radius 1 is 0.508 bits per heavy atom. The predicted molar refractivity (Wildman–Crippen MR) is 283 cm³/mol. The molecule has 65 heavy (non-hydrogen) atoms. The molecule has 0 amide bonds. The monoisotopic (exact) mass is 865 g/mol. The van der Waals surface area contributed by atoms with Gasteiger partial charge in [0.25, 0.3) is 6.71 Å². The van der Waals surface area contributed by atoms with Crippen LogP contribution in [0, 0.1) is 0 Å². The zero-order chi connectivity index (χ0) is 45.2. The number of nitrogens with zero attached hydrogens (tertiary/aromatic N) is 3. The molecule has 0 atom stereocenters. The highest BCUT2D eigenvalue weighted by Crippen LogP contribution is 2.53. The Morgan fingerprint density at radius 2 is 0.985 bits per heavy atom. The molecule has 1 aromatic heterocycles. The lowest BCUT2D eigenvalue weighted by Gasteiger charge is -2.47. The number of fused-ring (bicyclic) bond motifs is 7. The normalized spacial score (nSPS) is 15.9. The lowest BCUT2D eigenvalue weighted by molar-refractivity contribution is 0.332. The lowest BCUT2D eigenvalue weighted by Crippen LogP contribution is -2.61. The summed E-state index contributed by atoms with van der Waals surface area (Å²) in [6, 6.07) is 60.1. The first-order valence-electron chi connectivity index (χ1n) is 23.6. The minimum atomic E-state index is 0.0275. The van der Waals surface area contributed by atoms with Gasteiger partial charge in [-0.3, -0.25) is 0 Å². The standard InChI is InChI=1S/C60H60BN3S/c1-57(2,3)39-25-29-43(30-26-39)63-50-38-48-47(59(7,8)33-34-60(48,9)10)37-49(50)61-54-51(63)35-45(62(41-19-13-11-14-20-41)42-21-15-12-16-22-42)36-52(54)64(44-31-27-40(28-32-44)58(4,5)6)55-46-23-17-18-24-53(46)65-56(55)61/h11-32,35-38H,33-34H2,1-10H3. The van der Waals surface area contributed by atoms with E-state index in [9.17, 15) is 0 Å². The van der Waals surface area contributed by atoms with Crippen molar-refractivity contribution in [3.05, 3.63) is 180 Å². The fourth-order valence-corrected chi connectivity index (χ4v) is 12.3. The molecule has 7 aromatic carbocycles. The van der Waals surface area contributed by atoms with E-state index in [1.807, 2.05) is 11.3 Å². The molecule has 3 nitrogen and oxygen atoms in total. The molecule has 324 valence electrons. The lowest BCUT2D eigenvalue weighted by atomic mass is 9.35. The highest BCUT2D eigenvalue weighted by Gasteiger charge is 2.48. The average molecular weight is 866 g/mol. The van der Waals surface area contributed by atoms with E-state index in [0.29, 0.717) is 0 Å². The van der Waals surface area contributed by atoms with Crippen LogP contribution < -0.4 is 30.4 Å². The van der Waals surface area contributed by atoms with E-state index in [4.69, 9.17) is 0 Å². The zero-order valence-electron chi connectivity index (χ0n) is 39.8. The number of para-hydroxylation sites is 2. The van der Waals surface area contributed by atoms with Gasteiger partial charge in [-0.15, -0.1) is 11.3 Å². The maximum absolute atomic E-state index is 2.66. The third-order valence-electron chi connectivity index (χ3n) is 14.8. The van der Waals surface area contributed by atoms with Crippen molar-refractivity contribution in [2.45, 2.75) is 104 Å². The second-order valence-electron chi connectivity index (χ2n) is 22.1. The molecule has 0 radical (unpaired) electrons. The summed E-state index contributed by atoms with van der Waals surface area (Å²) < 4.78 is 2.73. The van der Waals surface area contributed by atoms with E-state index >= 15 is 0 Å². The number of rotatable bonds is 5. The first-order valence-corrected chi connectivity index (χ1v) is 24.4. The molecule has 1 aliphatic carbocycles. The molecule has 0 bridgehead atoms. The van der Waals surface area contributed by atoms with Crippen LogP contribution in [0.4, 0.5) is 51.2 Å². The van der Waals surface area contributed by atoms with E-state index in [0.717, 1.165) is 23.5 Å². The third-order valence-corrected chi connectivity index (χ3v) is 16.0. The molecule has 0 saturated heterocycles. The molecule has 0 fully saturated rings. The van der Waals surface area contributed by atoms with Gasteiger partial charge < -0.3 is 14.7 Å². The van der Waals surface area contributed by atoms with Crippen LogP contribution in [0.3, 0.4) is 0 Å². The number of hydrogen-bond donors (Lipinski definition) is 0. The van der Waals surface area contributed by atoms with E-state index in [2.05, 4.69) is 242 Å². The Kier molecular flexibility index (Phi) is 9.45. The molecule has 0 saturated carbocycles. The molecule has 0 spiro atoms. The number of thiophene rings is 1. The quantitative estimate of drug-likeness (QED) is 0.160. The Bertz CT molecular complexity index is 3070. The van der Waals surface area contributed by atoms with Crippen molar-refractivity contribution in [3.8, 4) is 0 Å². The van der Waals surface area contributed by atoms with Crippen LogP contribution in [-0.4, -0.2) is 6.71 Å². The summed E-state index contributed by atoms with van der Waals surface area (Å²) in [5.41, 5.74) is 19.3. The van der Waals surface area contributed by atoms with Gasteiger partial charge >= 0.3 is 0 Å². The maximum atomic E-state index is 2.66. The second-order valence-corrected chi connectivity index (χ2v) is 23.2. The van der Waals surface area contributed by atoms with Crippen molar-refractivity contribution < 1.29 is 0 Å². The third kappa shape index (κ3) is 6.75. The Labute approximate surface area is 391 Å². The van der Waals surface area contributed by atoms with Gasteiger partial charge in [0.2, 0.25) is 0 Å². The van der Waals surface area contributed by atoms with Crippen LogP contribution in [0.25, 0.3) is 10.1 Å². The summed E-state index contributed by atoms with van der Waals surface area (Å²) in [4.78, 5) is 7.69. The van der Waals surface area contributed by atoms with Gasteiger partial charge in [-0.05, 0) is 140 Å². The smallest absolute Gasteiger partial charge is 0.264 e. The van der Waals surface area contributed by atoms with E-state index in [1.165, 1.54) is 88.6 Å². The Hall–Kier alpha value is -6.04. The molecule has 0 unspecified atom stereocenters. The summed E-state index contributed by atoms with van der Waals surface area (Å²) in [6.07, 6.45) is 2.33. The van der Waals surface area contributed by atoms with Crippen molar-refractivity contribution >= 4 is 95.0 Å². The minimum Gasteiger partial charge on any atom is -0.311 e. The largest absolute Gasteiger partial charge is 0.311 e. The molecule has 3 heterocycles. The Balaban J connectivity index is 1.29. The van der Waals surface area contributed by atoms with Gasteiger partial charge in [-0.25, -0.2) is 0 Å². The van der Waals surface area contributed by atoms with Gasteiger partial charge in [-0.2, -0.15) is 0 Å². The van der Waals surface area contributed by atoms with Gasteiger partial charge in [0.05, 0.1) is 11.4 Å². The van der Waals surface area contributed by atoms with Crippen molar-refractivity contribution in [1.82, 2.24) is 0 Å². The number of anilines is 9. The van der Waals surface area contributed by atoms with Crippen LogP contribution in [-0.2, 0) is 21.7 Å². The summed E-state index contributed by atoms with van der Waals surface area (Å²) in [5, 5.41) is 1.30. The fraction of sp³-hybridized carbons (Fsp3) is 0.267.